The molecule has 4 amide bonds. The summed E-state index contributed by atoms with van der Waals surface area (Å²) in [6.45, 7) is 1.88. The molecule has 1 heterocycles. The number of hydrogen-bond donors (Lipinski definition) is 1. The number of rotatable bonds is 2. The molecule has 2 aromatic rings. The molecule has 1 aliphatic heterocycles. The average molecular weight is 324 g/mol. The van der Waals surface area contributed by atoms with Crippen molar-refractivity contribution >= 4 is 29.6 Å². The number of carbonyl (C=O) groups is 3. The van der Waals surface area contributed by atoms with Crippen molar-refractivity contribution in [1.82, 2.24) is 5.32 Å². The van der Waals surface area contributed by atoms with Gasteiger partial charge >= 0.3 is 6.03 Å². The number of benzene rings is 2. The zero-order valence-electron chi connectivity index (χ0n) is 12.7. The Hall–Kier alpha value is -3.28. The Kier molecular flexibility index (Phi) is 3.95. The predicted octanol–water partition coefficient (Wildman–Crippen LogP) is 2.80. The Labute approximate surface area is 137 Å². The van der Waals surface area contributed by atoms with E-state index in [1.807, 2.05) is 6.92 Å². The lowest BCUT2D eigenvalue weighted by atomic mass is 10.1. The first kappa shape index (κ1) is 15.6. The van der Waals surface area contributed by atoms with Gasteiger partial charge in [-0.3, -0.25) is 14.9 Å². The van der Waals surface area contributed by atoms with Gasteiger partial charge in [-0.15, -0.1) is 0 Å². The van der Waals surface area contributed by atoms with Crippen molar-refractivity contribution in [1.29, 1.82) is 0 Å². The second-order valence-corrected chi connectivity index (χ2v) is 5.35. The number of anilines is 1. The van der Waals surface area contributed by atoms with Crippen molar-refractivity contribution in [2.75, 3.05) is 4.90 Å². The Morgan fingerprint density at radius 3 is 2.42 bits per heavy atom. The minimum absolute atomic E-state index is 0.235. The molecule has 6 heteroatoms. The van der Waals surface area contributed by atoms with E-state index in [2.05, 4.69) is 5.32 Å². The molecular formula is C18H13FN2O3. The first-order valence-electron chi connectivity index (χ1n) is 7.19. The maximum atomic E-state index is 13.3. The van der Waals surface area contributed by atoms with Crippen LogP contribution in [0.15, 0.2) is 54.1 Å². The number of amides is 4. The molecule has 2 aromatic carbocycles. The number of urea groups is 1. The minimum atomic E-state index is -0.815. The Morgan fingerprint density at radius 1 is 1.04 bits per heavy atom. The average Bonchev–Trinajstić information content (AvgIpc) is 2.53. The van der Waals surface area contributed by atoms with Crippen molar-refractivity contribution in [3.05, 3.63) is 71.0 Å². The number of hydrogen-bond acceptors (Lipinski definition) is 3. The normalized spacial score (nSPS) is 16.5. The van der Waals surface area contributed by atoms with Gasteiger partial charge in [0.05, 0.1) is 5.69 Å². The molecule has 0 bridgehead atoms. The van der Waals surface area contributed by atoms with Crippen LogP contribution in [0.5, 0.6) is 0 Å². The zero-order chi connectivity index (χ0) is 17.3. The monoisotopic (exact) mass is 324 g/mol. The van der Waals surface area contributed by atoms with Crippen molar-refractivity contribution < 1.29 is 18.8 Å². The van der Waals surface area contributed by atoms with E-state index < -0.39 is 23.7 Å². The molecule has 1 fully saturated rings. The van der Waals surface area contributed by atoms with Gasteiger partial charge in [-0.05, 0) is 42.8 Å². The molecule has 24 heavy (non-hydrogen) atoms. The Bertz CT molecular complexity index is 872. The summed E-state index contributed by atoms with van der Waals surface area (Å²) >= 11 is 0. The third kappa shape index (κ3) is 2.94. The van der Waals surface area contributed by atoms with E-state index in [9.17, 15) is 18.8 Å². The summed E-state index contributed by atoms with van der Waals surface area (Å²) in [6.07, 6.45) is 1.26. The molecule has 1 N–H and O–H groups in total. The highest BCUT2D eigenvalue weighted by Gasteiger charge is 2.36. The molecule has 5 nitrogen and oxygen atoms in total. The number of aryl methyl sites for hydroxylation is 1. The highest BCUT2D eigenvalue weighted by molar-refractivity contribution is 6.39. The van der Waals surface area contributed by atoms with Gasteiger partial charge in [0.25, 0.3) is 11.8 Å². The van der Waals surface area contributed by atoms with Gasteiger partial charge in [0.1, 0.15) is 11.4 Å². The highest BCUT2D eigenvalue weighted by Crippen LogP contribution is 2.22. The van der Waals surface area contributed by atoms with Gasteiger partial charge in [0.2, 0.25) is 0 Å². The molecule has 0 spiro atoms. The van der Waals surface area contributed by atoms with Gasteiger partial charge < -0.3 is 0 Å². The van der Waals surface area contributed by atoms with E-state index >= 15 is 0 Å². The first-order chi connectivity index (χ1) is 11.5. The van der Waals surface area contributed by atoms with Crippen molar-refractivity contribution in [2.24, 2.45) is 0 Å². The maximum Gasteiger partial charge on any atom is 0.335 e. The fourth-order valence-electron chi connectivity index (χ4n) is 2.35. The second kappa shape index (κ2) is 6.08. The number of imide groups is 2. The summed E-state index contributed by atoms with van der Waals surface area (Å²) in [4.78, 5) is 37.5. The molecule has 120 valence electrons. The van der Waals surface area contributed by atoms with E-state index in [0.29, 0.717) is 11.3 Å². The lowest BCUT2D eigenvalue weighted by Crippen LogP contribution is -2.54. The van der Waals surface area contributed by atoms with Crippen LogP contribution in [-0.2, 0) is 9.59 Å². The highest BCUT2D eigenvalue weighted by atomic mass is 19.1. The molecule has 0 aliphatic carbocycles. The second-order valence-electron chi connectivity index (χ2n) is 5.35. The van der Waals surface area contributed by atoms with Crippen LogP contribution in [0.1, 0.15) is 11.1 Å². The van der Waals surface area contributed by atoms with Crippen LogP contribution >= 0.6 is 0 Å². The standard InChI is InChI=1S/C18H13FN2O3/c1-11-5-7-14(8-6-11)21-17(23)15(16(22)20-18(21)24)10-12-3-2-4-13(19)9-12/h2-10H,1H3,(H,20,22,24). The van der Waals surface area contributed by atoms with Crippen molar-refractivity contribution in [3.8, 4) is 0 Å². The first-order valence-corrected chi connectivity index (χ1v) is 7.19. The number of nitrogens with zero attached hydrogens (tertiary/aromatic N) is 1. The van der Waals surface area contributed by atoms with E-state index in [0.717, 1.165) is 10.5 Å². The van der Waals surface area contributed by atoms with E-state index in [1.54, 1.807) is 30.3 Å². The van der Waals surface area contributed by atoms with E-state index in [4.69, 9.17) is 0 Å². The van der Waals surface area contributed by atoms with Crippen LogP contribution in [0.3, 0.4) is 0 Å². The summed E-state index contributed by atoms with van der Waals surface area (Å²) in [5.41, 5.74) is 1.43. The summed E-state index contributed by atoms with van der Waals surface area (Å²) < 4.78 is 13.3. The van der Waals surface area contributed by atoms with E-state index in [1.165, 1.54) is 24.3 Å². The SMILES string of the molecule is Cc1ccc(N2C(=O)NC(=O)C(=Cc3cccc(F)c3)C2=O)cc1. The number of halogens is 1. The van der Waals surface area contributed by atoms with Crippen LogP contribution in [0.25, 0.3) is 6.08 Å². The molecule has 1 saturated heterocycles. The van der Waals surface area contributed by atoms with E-state index in [-0.39, 0.29) is 5.57 Å². The summed E-state index contributed by atoms with van der Waals surface area (Å²) in [7, 11) is 0. The summed E-state index contributed by atoms with van der Waals surface area (Å²) in [5.74, 6) is -2.05. The van der Waals surface area contributed by atoms with Crippen LogP contribution in [0.2, 0.25) is 0 Å². The minimum Gasteiger partial charge on any atom is -0.273 e. The third-order valence-corrected chi connectivity index (χ3v) is 3.55. The molecule has 0 saturated carbocycles. The van der Waals surface area contributed by atoms with Crippen LogP contribution < -0.4 is 10.2 Å². The van der Waals surface area contributed by atoms with Gasteiger partial charge in [-0.1, -0.05) is 29.8 Å². The van der Waals surface area contributed by atoms with Crippen molar-refractivity contribution in [3.63, 3.8) is 0 Å². The topological polar surface area (TPSA) is 66.5 Å². The quantitative estimate of drug-likeness (QED) is 0.682. The van der Waals surface area contributed by atoms with Crippen LogP contribution in [-0.4, -0.2) is 17.8 Å². The number of carbonyl (C=O) groups excluding carboxylic acids is 3. The van der Waals surface area contributed by atoms with Gasteiger partial charge in [-0.2, -0.15) is 0 Å². The molecule has 0 unspecified atom stereocenters. The maximum absolute atomic E-state index is 13.3. The molecule has 3 rings (SSSR count). The molecular weight excluding hydrogens is 311 g/mol. The lowest BCUT2D eigenvalue weighted by molar-refractivity contribution is -0.122. The predicted molar refractivity (Wildman–Crippen MR) is 86.6 cm³/mol. The number of barbiturate groups is 1. The molecule has 1 aliphatic rings. The smallest absolute Gasteiger partial charge is 0.273 e. The van der Waals surface area contributed by atoms with Gasteiger partial charge in [0, 0.05) is 0 Å². The Morgan fingerprint density at radius 2 is 1.75 bits per heavy atom. The lowest BCUT2D eigenvalue weighted by Gasteiger charge is -2.26. The van der Waals surface area contributed by atoms with Crippen LogP contribution in [0.4, 0.5) is 14.9 Å². The molecule has 0 atom stereocenters. The van der Waals surface area contributed by atoms with Gasteiger partial charge in [-0.25, -0.2) is 14.1 Å². The molecule has 0 aromatic heterocycles. The van der Waals surface area contributed by atoms with Crippen molar-refractivity contribution in [2.45, 2.75) is 6.92 Å². The number of nitrogens with one attached hydrogen (secondary N) is 1. The van der Waals surface area contributed by atoms with Crippen LogP contribution in [0, 0.1) is 12.7 Å². The Balaban J connectivity index is 2.01. The summed E-state index contributed by atoms with van der Waals surface area (Å²) in [6, 6.07) is 11.4. The summed E-state index contributed by atoms with van der Waals surface area (Å²) in [5, 5.41) is 2.12. The zero-order valence-corrected chi connectivity index (χ0v) is 12.7. The third-order valence-electron chi connectivity index (χ3n) is 3.55. The fourth-order valence-corrected chi connectivity index (χ4v) is 2.35. The van der Waals surface area contributed by atoms with Gasteiger partial charge in [0.15, 0.2) is 0 Å². The fraction of sp³-hybridized carbons (Fsp3) is 0.0556. The molecule has 0 radical (unpaired) electrons. The largest absolute Gasteiger partial charge is 0.335 e.